The highest BCUT2D eigenvalue weighted by Crippen LogP contribution is 2.50. The lowest BCUT2D eigenvalue weighted by Crippen LogP contribution is -2.22. The number of unbranched alkanes of at least 4 members (excludes halogenated alkanes) is 1. The van der Waals surface area contributed by atoms with Crippen LogP contribution in [0.4, 0.5) is 5.69 Å². The van der Waals surface area contributed by atoms with E-state index in [1.54, 1.807) is 32.7 Å². The highest BCUT2D eigenvalue weighted by atomic mass is 32.2. The lowest BCUT2D eigenvalue weighted by atomic mass is 9.81. The third-order valence-corrected chi connectivity index (χ3v) is 8.62. The van der Waals surface area contributed by atoms with Gasteiger partial charge in [-0.25, -0.2) is 0 Å². The number of fused-ring (bicyclic) bond motifs is 3. The second-order valence-corrected chi connectivity index (χ2v) is 13.6. The van der Waals surface area contributed by atoms with E-state index in [-0.39, 0.29) is 6.42 Å². The quantitative estimate of drug-likeness (QED) is 0.135. The average molecular weight is 626 g/mol. The zero-order valence-corrected chi connectivity index (χ0v) is 28.6. The average Bonchev–Trinajstić information content (AvgIpc) is 2.99. The van der Waals surface area contributed by atoms with Gasteiger partial charge in [0.1, 0.15) is 5.75 Å². The summed E-state index contributed by atoms with van der Waals surface area (Å²) in [7, 11) is 0. The van der Waals surface area contributed by atoms with Crippen LogP contribution in [0, 0.1) is 20.8 Å². The van der Waals surface area contributed by atoms with E-state index >= 15 is 0 Å². The number of carbonyl (C=O) groups is 1. The van der Waals surface area contributed by atoms with Gasteiger partial charge in [0.05, 0.1) is 30.9 Å². The van der Waals surface area contributed by atoms with E-state index < -0.39 is 11.6 Å². The van der Waals surface area contributed by atoms with Crippen LogP contribution in [0.15, 0.2) is 72.8 Å². The van der Waals surface area contributed by atoms with Gasteiger partial charge in [-0.2, -0.15) is 0 Å². The molecule has 6 heteroatoms. The number of carboxylic acid groups (broad SMARTS) is 1. The molecule has 4 aromatic rings. The fraction of sp³-hybridized carbons (Fsp3) is 0.359. The zero-order valence-electron chi connectivity index (χ0n) is 27.7. The Kier molecular flexibility index (Phi) is 11.4. The minimum Gasteiger partial charge on any atom is -0.494 e. The molecule has 0 spiro atoms. The van der Waals surface area contributed by atoms with Crippen molar-refractivity contribution in [2.75, 3.05) is 17.2 Å². The molecular formula is C39H47NO4S. The first-order valence-corrected chi connectivity index (χ1v) is 16.8. The fourth-order valence-corrected chi connectivity index (χ4v) is 6.52. The number of aliphatic hydroxyl groups is 1. The summed E-state index contributed by atoms with van der Waals surface area (Å²) in [6, 6.07) is 25.5. The SMILES string of the molecule is CC(C)(C)O.CSN1Cc2ccc(OCCCCc3ccccc3)cc2-c2c(C)c(-c3ccc(C)cc3)c(CC(=O)O)c(C)c21. The Labute approximate surface area is 273 Å². The summed E-state index contributed by atoms with van der Waals surface area (Å²) in [4.78, 5) is 12.0. The van der Waals surface area contributed by atoms with Crippen molar-refractivity contribution in [3.05, 3.63) is 106 Å². The van der Waals surface area contributed by atoms with Crippen molar-refractivity contribution in [2.45, 2.75) is 79.4 Å². The maximum atomic E-state index is 12.0. The molecule has 0 aliphatic carbocycles. The number of hydrogen-bond acceptors (Lipinski definition) is 5. The molecule has 0 saturated carbocycles. The minimum absolute atomic E-state index is 0.00955. The summed E-state index contributed by atoms with van der Waals surface area (Å²) in [5.74, 6) is 0.0660. The first-order chi connectivity index (χ1) is 21.4. The molecule has 0 radical (unpaired) electrons. The van der Waals surface area contributed by atoms with Crippen molar-refractivity contribution in [1.82, 2.24) is 0 Å². The first kappa shape index (κ1) is 34.1. The standard InChI is InChI=1S/C35H37NO3S.C4H10O/c1-23-13-15-27(16-14-23)33-25(3)34-31-20-29(39-19-9-8-12-26-10-6-5-7-11-26)18-17-28(31)22-36(40-4)35(34)24(2)30(33)21-32(37)38;1-4(2,3)5/h5-7,10-11,13-18,20H,8-9,12,19,21-22H2,1-4H3,(H,37,38);5H,1-3H3. The maximum absolute atomic E-state index is 12.0. The summed E-state index contributed by atoms with van der Waals surface area (Å²) < 4.78 is 8.56. The highest BCUT2D eigenvalue weighted by Gasteiger charge is 2.30. The molecule has 1 heterocycles. The van der Waals surface area contributed by atoms with Crippen LogP contribution in [0.25, 0.3) is 22.3 Å². The number of aryl methyl sites for hydroxylation is 2. The van der Waals surface area contributed by atoms with Gasteiger partial charge < -0.3 is 19.3 Å². The van der Waals surface area contributed by atoms with Crippen LogP contribution in [0.5, 0.6) is 5.75 Å². The summed E-state index contributed by atoms with van der Waals surface area (Å²) in [6.45, 7) is 13.0. The predicted octanol–water partition coefficient (Wildman–Crippen LogP) is 9.35. The molecule has 0 aromatic heterocycles. The molecule has 238 valence electrons. The van der Waals surface area contributed by atoms with Gasteiger partial charge in [-0.1, -0.05) is 78.2 Å². The lowest BCUT2D eigenvalue weighted by molar-refractivity contribution is -0.136. The molecule has 4 aromatic carbocycles. The predicted molar refractivity (Wildman–Crippen MR) is 189 cm³/mol. The molecule has 45 heavy (non-hydrogen) atoms. The molecule has 1 aliphatic rings. The number of rotatable bonds is 10. The molecule has 0 bridgehead atoms. The monoisotopic (exact) mass is 625 g/mol. The van der Waals surface area contributed by atoms with Crippen LogP contribution in [-0.4, -0.2) is 34.6 Å². The van der Waals surface area contributed by atoms with Gasteiger partial charge in [-0.05, 0) is 117 Å². The van der Waals surface area contributed by atoms with E-state index in [2.05, 4.69) is 104 Å². The molecule has 0 unspecified atom stereocenters. The van der Waals surface area contributed by atoms with Crippen molar-refractivity contribution in [3.63, 3.8) is 0 Å². The third kappa shape index (κ3) is 8.93. The van der Waals surface area contributed by atoms with Gasteiger partial charge in [-0.3, -0.25) is 4.79 Å². The van der Waals surface area contributed by atoms with Crippen LogP contribution in [0.2, 0.25) is 0 Å². The Morgan fingerprint density at radius 1 is 0.911 bits per heavy atom. The summed E-state index contributed by atoms with van der Waals surface area (Å²) in [5, 5.41) is 18.4. The minimum atomic E-state index is -0.814. The highest BCUT2D eigenvalue weighted by molar-refractivity contribution is 7.99. The van der Waals surface area contributed by atoms with E-state index in [4.69, 9.17) is 9.84 Å². The summed E-state index contributed by atoms with van der Waals surface area (Å²) in [6.07, 6.45) is 5.22. The molecule has 1 aliphatic heterocycles. The van der Waals surface area contributed by atoms with Gasteiger partial charge in [0, 0.05) is 11.8 Å². The lowest BCUT2D eigenvalue weighted by Gasteiger charge is -2.36. The Balaban J connectivity index is 0.000000854. The Morgan fingerprint density at radius 2 is 1.58 bits per heavy atom. The van der Waals surface area contributed by atoms with Gasteiger partial charge >= 0.3 is 5.97 Å². The zero-order chi connectivity index (χ0) is 32.7. The second-order valence-electron chi connectivity index (χ2n) is 12.8. The van der Waals surface area contributed by atoms with Crippen LogP contribution < -0.4 is 9.04 Å². The van der Waals surface area contributed by atoms with E-state index in [0.29, 0.717) is 6.61 Å². The number of anilines is 1. The number of benzene rings is 4. The summed E-state index contributed by atoms with van der Waals surface area (Å²) in [5.41, 5.74) is 11.9. The molecule has 0 amide bonds. The summed E-state index contributed by atoms with van der Waals surface area (Å²) >= 11 is 1.68. The smallest absolute Gasteiger partial charge is 0.307 e. The van der Waals surface area contributed by atoms with Gasteiger partial charge in [0.2, 0.25) is 0 Å². The van der Waals surface area contributed by atoms with Crippen LogP contribution in [0.3, 0.4) is 0 Å². The third-order valence-electron chi connectivity index (χ3n) is 7.87. The molecule has 5 nitrogen and oxygen atoms in total. The molecular weight excluding hydrogens is 578 g/mol. The largest absolute Gasteiger partial charge is 0.494 e. The van der Waals surface area contributed by atoms with Gasteiger partial charge in [0.25, 0.3) is 0 Å². The van der Waals surface area contributed by atoms with Crippen LogP contribution >= 0.6 is 11.9 Å². The van der Waals surface area contributed by atoms with Crippen LogP contribution in [-0.2, 0) is 24.2 Å². The Bertz CT molecular complexity index is 1600. The van der Waals surface area contributed by atoms with Gasteiger partial charge in [0.15, 0.2) is 0 Å². The number of nitrogens with zero attached hydrogens (tertiary/aromatic N) is 1. The van der Waals surface area contributed by atoms with Crippen LogP contribution in [0.1, 0.15) is 67.0 Å². The Hall–Kier alpha value is -3.74. The number of ether oxygens (including phenoxy) is 1. The van der Waals surface area contributed by atoms with Crippen molar-refractivity contribution < 1.29 is 19.7 Å². The molecule has 0 fully saturated rings. The normalized spacial score (nSPS) is 12.1. The molecule has 0 saturated heterocycles. The van der Waals surface area contributed by atoms with Crippen molar-refractivity contribution in [3.8, 4) is 28.0 Å². The van der Waals surface area contributed by atoms with E-state index in [1.165, 1.54) is 27.8 Å². The van der Waals surface area contributed by atoms with E-state index in [1.807, 2.05) is 0 Å². The molecule has 5 rings (SSSR count). The molecule has 0 atom stereocenters. The number of aliphatic carboxylic acids is 1. The molecule has 2 N–H and O–H groups in total. The van der Waals surface area contributed by atoms with Crippen molar-refractivity contribution >= 4 is 23.6 Å². The number of carboxylic acids is 1. The van der Waals surface area contributed by atoms with Crippen molar-refractivity contribution in [2.24, 2.45) is 0 Å². The fourth-order valence-electron chi connectivity index (χ4n) is 5.84. The maximum Gasteiger partial charge on any atom is 0.307 e. The van der Waals surface area contributed by atoms with E-state index in [0.717, 1.165) is 65.1 Å². The van der Waals surface area contributed by atoms with E-state index in [9.17, 15) is 9.90 Å². The van der Waals surface area contributed by atoms with Gasteiger partial charge in [-0.15, -0.1) is 0 Å². The first-order valence-electron chi connectivity index (χ1n) is 15.7. The van der Waals surface area contributed by atoms with Crippen molar-refractivity contribution in [1.29, 1.82) is 0 Å². The number of hydrogen-bond donors (Lipinski definition) is 2. The topological polar surface area (TPSA) is 70.0 Å². The second kappa shape index (κ2) is 15.0. The Morgan fingerprint density at radius 3 is 2.20 bits per heavy atom.